The number of carboxylic acids is 1. The summed E-state index contributed by atoms with van der Waals surface area (Å²) in [7, 11) is 0. The maximum atomic E-state index is 10.0. The van der Waals surface area contributed by atoms with E-state index in [4.69, 9.17) is 5.11 Å². The first kappa shape index (κ1) is 11.9. The topological polar surface area (TPSA) is 66.0 Å². The molecule has 0 fully saturated rings. The molecular formula is C14H12N2O2. The van der Waals surface area contributed by atoms with Gasteiger partial charge in [-0.3, -0.25) is 4.98 Å². The van der Waals surface area contributed by atoms with Crippen LogP contribution in [-0.2, 0) is 0 Å². The highest BCUT2D eigenvalue weighted by molar-refractivity contribution is 5.85. The smallest absolute Gasteiger partial charge is 0.352 e. The van der Waals surface area contributed by atoms with Gasteiger partial charge in [0, 0.05) is 17.8 Å². The molecule has 3 rings (SSSR count). The minimum absolute atomic E-state index is 0.227. The molecule has 2 heterocycles. The summed E-state index contributed by atoms with van der Waals surface area (Å²) >= 11 is 0. The predicted octanol–water partition coefficient (Wildman–Crippen LogP) is 2.95. The zero-order chi connectivity index (χ0) is 12.8. The van der Waals surface area contributed by atoms with E-state index in [1.165, 1.54) is 11.5 Å². The van der Waals surface area contributed by atoms with Crippen molar-refractivity contribution in [1.29, 1.82) is 0 Å². The number of aromatic nitrogens is 2. The van der Waals surface area contributed by atoms with Crippen LogP contribution in [0, 0.1) is 0 Å². The molecule has 4 heteroatoms. The average Bonchev–Trinajstić information content (AvgIpc) is 2.94. The number of fused-ring (bicyclic) bond motifs is 1. The lowest BCUT2D eigenvalue weighted by Crippen LogP contribution is -1.94. The number of nitrogens with zero attached hydrogens (tertiary/aromatic N) is 1. The van der Waals surface area contributed by atoms with E-state index in [2.05, 4.69) is 22.1 Å². The van der Waals surface area contributed by atoms with Crippen molar-refractivity contribution >= 4 is 16.9 Å². The number of carboxylic acid groups (broad SMARTS) is 1. The number of pyridine rings is 1. The van der Waals surface area contributed by atoms with Crippen LogP contribution in [-0.4, -0.2) is 21.0 Å². The molecule has 2 N–H and O–H groups in total. The van der Waals surface area contributed by atoms with E-state index in [-0.39, 0.29) is 5.69 Å². The van der Waals surface area contributed by atoms with Gasteiger partial charge in [-0.2, -0.15) is 0 Å². The fourth-order valence-electron chi connectivity index (χ4n) is 1.48. The first-order chi connectivity index (χ1) is 8.77. The van der Waals surface area contributed by atoms with Crippen molar-refractivity contribution in [1.82, 2.24) is 9.97 Å². The minimum Gasteiger partial charge on any atom is -0.477 e. The minimum atomic E-state index is -0.921. The Morgan fingerprint density at radius 3 is 2.44 bits per heavy atom. The van der Waals surface area contributed by atoms with Gasteiger partial charge in [0.05, 0.1) is 5.52 Å². The van der Waals surface area contributed by atoms with Crippen molar-refractivity contribution in [3.8, 4) is 0 Å². The molecule has 90 valence electrons. The van der Waals surface area contributed by atoms with E-state index in [0.717, 1.165) is 5.52 Å². The van der Waals surface area contributed by atoms with Gasteiger partial charge in [-0.1, -0.05) is 24.3 Å². The lowest BCUT2D eigenvalue weighted by atomic mass is 10.2. The molecule has 0 bridgehead atoms. The Balaban J connectivity index is 0.000000138. The van der Waals surface area contributed by atoms with E-state index in [1.807, 2.05) is 30.5 Å². The van der Waals surface area contributed by atoms with Crippen LogP contribution in [0.5, 0.6) is 0 Å². The average molecular weight is 240 g/mol. The summed E-state index contributed by atoms with van der Waals surface area (Å²) in [6, 6.07) is 15.2. The maximum absolute atomic E-state index is 10.0. The van der Waals surface area contributed by atoms with E-state index < -0.39 is 5.97 Å². The Morgan fingerprint density at radius 1 is 1.06 bits per heavy atom. The SMILES string of the molecule is O=C(O)c1ccc[nH]1.c1ccc2ncccc2c1. The molecule has 0 unspecified atom stereocenters. The second-order valence-corrected chi connectivity index (χ2v) is 3.59. The molecule has 0 spiro atoms. The molecule has 0 aliphatic carbocycles. The molecule has 0 amide bonds. The Kier molecular flexibility index (Phi) is 3.71. The number of H-pyrrole nitrogens is 1. The number of aromatic carboxylic acids is 1. The van der Waals surface area contributed by atoms with Gasteiger partial charge in [-0.05, 0) is 24.3 Å². The second-order valence-electron chi connectivity index (χ2n) is 3.59. The van der Waals surface area contributed by atoms with Crippen molar-refractivity contribution in [3.05, 3.63) is 66.6 Å². The number of benzene rings is 1. The van der Waals surface area contributed by atoms with Gasteiger partial charge in [-0.25, -0.2) is 4.79 Å². The zero-order valence-corrected chi connectivity index (χ0v) is 9.58. The number of para-hydroxylation sites is 1. The van der Waals surface area contributed by atoms with Crippen LogP contribution in [0.3, 0.4) is 0 Å². The Labute approximate surface area is 104 Å². The van der Waals surface area contributed by atoms with Crippen molar-refractivity contribution < 1.29 is 9.90 Å². The van der Waals surface area contributed by atoms with Crippen LogP contribution in [0.25, 0.3) is 10.9 Å². The summed E-state index contributed by atoms with van der Waals surface area (Å²) in [5.74, 6) is -0.921. The molecule has 0 aliphatic rings. The molecule has 3 aromatic rings. The molecule has 0 saturated carbocycles. The third-order valence-electron chi connectivity index (χ3n) is 2.34. The summed E-state index contributed by atoms with van der Waals surface area (Å²) in [5, 5.41) is 9.44. The van der Waals surface area contributed by atoms with Crippen LogP contribution in [0.1, 0.15) is 10.5 Å². The fourth-order valence-corrected chi connectivity index (χ4v) is 1.48. The zero-order valence-electron chi connectivity index (χ0n) is 9.58. The first-order valence-electron chi connectivity index (χ1n) is 5.44. The van der Waals surface area contributed by atoms with Crippen LogP contribution in [0.4, 0.5) is 0 Å². The Bertz CT molecular complexity index is 568. The summed E-state index contributed by atoms with van der Waals surface area (Å²) in [4.78, 5) is 16.7. The third kappa shape index (κ3) is 2.95. The van der Waals surface area contributed by atoms with Crippen molar-refractivity contribution in [3.63, 3.8) is 0 Å². The molecule has 0 saturated heterocycles. The van der Waals surface area contributed by atoms with Crippen molar-refractivity contribution in [2.45, 2.75) is 0 Å². The van der Waals surface area contributed by atoms with Crippen LogP contribution in [0.2, 0.25) is 0 Å². The number of hydrogen-bond acceptors (Lipinski definition) is 2. The molecule has 0 radical (unpaired) electrons. The largest absolute Gasteiger partial charge is 0.477 e. The van der Waals surface area contributed by atoms with Crippen LogP contribution >= 0.6 is 0 Å². The quantitative estimate of drug-likeness (QED) is 0.687. The number of aromatic amines is 1. The van der Waals surface area contributed by atoms with E-state index in [0.29, 0.717) is 0 Å². The van der Waals surface area contributed by atoms with Gasteiger partial charge in [0.2, 0.25) is 0 Å². The Hall–Kier alpha value is -2.62. The highest BCUT2D eigenvalue weighted by atomic mass is 16.4. The molecular weight excluding hydrogens is 228 g/mol. The standard InChI is InChI=1S/C9H7N.C5H5NO2/c1-2-6-9-8(4-1)5-3-7-10-9;7-5(8)4-2-1-3-6-4/h1-7H;1-3,6H,(H,7,8). The molecule has 18 heavy (non-hydrogen) atoms. The van der Waals surface area contributed by atoms with Gasteiger partial charge in [0.1, 0.15) is 5.69 Å². The summed E-state index contributed by atoms with van der Waals surface area (Å²) < 4.78 is 0. The van der Waals surface area contributed by atoms with E-state index in [9.17, 15) is 4.79 Å². The fraction of sp³-hybridized carbons (Fsp3) is 0. The summed E-state index contributed by atoms with van der Waals surface area (Å²) in [6.45, 7) is 0. The van der Waals surface area contributed by atoms with Gasteiger partial charge < -0.3 is 10.1 Å². The number of hydrogen-bond donors (Lipinski definition) is 2. The lowest BCUT2D eigenvalue weighted by molar-refractivity contribution is 0.0691. The predicted molar refractivity (Wildman–Crippen MR) is 69.5 cm³/mol. The second kappa shape index (κ2) is 5.63. The van der Waals surface area contributed by atoms with Gasteiger partial charge in [0.25, 0.3) is 0 Å². The highest BCUT2D eigenvalue weighted by Crippen LogP contribution is 2.07. The van der Waals surface area contributed by atoms with Crippen molar-refractivity contribution in [2.75, 3.05) is 0 Å². The number of nitrogens with one attached hydrogen (secondary N) is 1. The van der Waals surface area contributed by atoms with E-state index in [1.54, 1.807) is 12.3 Å². The molecule has 0 aliphatic heterocycles. The number of rotatable bonds is 1. The number of carbonyl (C=O) groups is 1. The summed E-state index contributed by atoms with van der Waals surface area (Å²) in [5.41, 5.74) is 1.29. The maximum Gasteiger partial charge on any atom is 0.352 e. The van der Waals surface area contributed by atoms with Gasteiger partial charge in [0.15, 0.2) is 0 Å². The summed E-state index contributed by atoms with van der Waals surface area (Å²) in [6.07, 6.45) is 3.38. The molecule has 4 nitrogen and oxygen atoms in total. The first-order valence-corrected chi connectivity index (χ1v) is 5.44. The molecule has 2 aromatic heterocycles. The van der Waals surface area contributed by atoms with Gasteiger partial charge >= 0.3 is 5.97 Å². The molecule has 1 aromatic carbocycles. The highest BCUT2D eigenvalue weighted by Gasteiger charge is 1.98. The monoisotopic (exact) mass is 240 g/mol. The van der Waals surface area contributed by atoms with Crippen molar-refractivity contribution in [2.24, 2.45) is 0 Å². The van der Waals surface area contributed by atoms with Gasteiger partial charge in [-0.15, -0.1) is 0 Å². The van der Waals surface area contributed by atoms with Crippen LogP contribution < -0.4 is 0 Å². The normalized spacial score (nSPS) is 9.56. The Morgan fingerprint density at radius 2 is 1.83 bits per heavy atom. The lowest BCUT2D eigenvalue weighted by Gasteiger charge is -1.91. The third-order valence-corrected chi connectivity index (χ3v) is 2.34. The van der Waals surface area contributed by atoms with E-state index >= 15 is 0 Å². The van der Waals surface area contributed by atoms with Crippen LogP contribution in [0.15, 0.2) is 60.9 Å². The molecule has 0 atom stereocenters.